The van der Waals surface area contributed by atoms with Gasteiger partial charge in [-0.15, -0.1) is 0 Å². The fraction of sp³-hybridized carbons (Fsp3) is 0.440. The van der Waals surface area contributed by atoms with E-state index in [1.54, 1.807) is 13.8 Å². The largest absolute Gasteiger partial charge is 0.467 e. The Kier molecular flexibility index (Phi) is 6.41. The van der Waals surface area contributed by atoms with Crippen LogP contribution in [0.4, 0.5) is 4.79 Å². The number of nitrogens with one attached hydrogen (secondary N) is 1. The highest BCUT2D eigenvalue weighted by Crippen LogP contribution is 2.44. The van der Waals surface area contributed by atoms with E-state index in [4.69, 9.17) is 14.2 Å². The predicted molar refractivity (Wildman–Crippen MR) is 119 cm³/mol. The molecule has 2 aromatic carbocycles. The second kappa shape index (κ2) is 8.71. The van der Waals surface area contributed by atoms with E-state index in [9.17, 15) is 9.59 Å². The SMILES string of the molecule is COC(=O)C(C)(NC(=O)OCC1c2ccccc2-c2ccccc21)C(C)OC(C)(C)C. The summed E-state index contributed by atoms with van der Waals surface area (Å²) in [7, 11) is 1.28. The Morgan fingerprint density at radius 3 is 1.97 bits per heavy atom. The maximum absolute atomic E-state index is 12.7. The molecule has 0 aliphatic heterocycles. The second-order valence-electron chi connectivity index (χ2n) is 9.02. The van der Waals surface area contributed by atoms with Crippen LogP contribution in [0.2, 0.25) is 0 Å². The van der Waals surface area contributed by atoms with Crippen molar-refractivity contribution in [1.82, 2.24) is 5.32 Å². The summed E-state index contributed by atoms with van der Waals surface area (Å²) < 4.78 is 16.5. The molecule has 1 aliphatic rings. The van der Waals surface area contributed by atoms with Crippen LogP contribution >= 0.6 is 0 Å². The van der Waals surface area contributed by atoms with Gasteiger partial charge in [-0.2, -0.15) is 0 Å². The van der Waals surface area contributed by atoms with Crippen molar-refractivity contribution in [3.63, 3.8) is 0 Å². The highest BCUT2D eigenvalue weighted by atomic mass is 16.6. The first-order valence-electron chi connectivity index (χ1n) is 10.5. The molecule has 0 aromatic heterocycles. The van der Waals surface area contributed by atoms with Crippen LogP contribution in [-0.4, -0.2) is 43.0 Å². The van der Waals surface area contributed by atoms with Crippen molar-refractivity contribution in [3.05, 3.63) is 59.7 Å². The predicted octanol–water partition coefficient (Wildman–Crippen LogP) is 4.66. The molecule has 0 fully saturated rings. The third kappa shape index (κ3) is 4.74. The maximum atomic E-state index is 12.7. The van der Waals surface area contributed by atoms with E-state index in [1.807, 2.05) is 45.0 Å². The first kappa shape index (κ1) is 22.8. The smallest absolute Gasteiger partial charge is 0.408 e. The van der Waals surface area contributed by atoms with Crippen LogP contribution in [0.25, 0.3) is 11.1 Å². The van der Waals surface area contributed by atoms with Gasteiger partial charge in [0.05, 0.1) is 18.8 Å². The fourth-order valence-electron chi connectivity index (χ4n) is 4.03. The summed E-state index contributed by atoms with van der Waals surface area (Å²) in [5.41, 5.74) is 2.65. The number of alkyl carbamates (subject to hydrolysis) is 1. The average molecular weight is 426 g/mol. The van der Waals surface area contributed by atoms with Gasteiger partial charge in [-0.05, 0) is 56.9 Å². The van der Waals surface area contributed by atoms with Crippen molar-refractivity contribution in [2.24, 2.45) is 0 Å². The van der Waals surface area contributed by atoms with E-state index in [0.717, 1.165) is 22.3 Å². The van der Waals surface area contributed by atoms with Crippen LogP contribution < -0.4 is 5.32 Å². The number of hydrogen-bond acceptors (Lipinski definition) is 5. The lowest BCUT2D eigenvalue weighted by Gasteiger charge is -2.37. The number of esters is 1. The summed E-state index contributed by atoms with van der Waals surface area (Å²) in [6, 6.07) is 16.2. The molecular weight excluding hydrogens is 394 g/mol. The Labute approximate surface area is 183 Å². The molecule has 0 heterocycles. The molecule has 0 spiro atoms. The topological polar surface area (TPSA) is 73.9 Å². The minimum Gasteiger partial charge on any atom is -0.467 e. The van der Waals surface area contributed by atoms with Crippen LogP contribution in [0.3, 0.4) is 0 Å². The minimum atomic E-state index is -1.40. The van der Waals surface area contributed by atoms with E-state index in [0.29, 0.717) is 0 Å². The quantitative estimate of drug-likeness (QED) is 0.682. The lowest BCUT2D eigenvalue weighted by molar-refractivity contribution is -0.160. The van der Waals surface area contributed by atoms with Gasteiger partial charge in [0.2, 0.25) is 0 Å². The number of ether oxygens (including phenoxy) is 3. The second-order valence-corrected chi connectivity index (χ2v) is 9.02. The molecular formula is C25H31NO5. The molecule has 0 saturated heterocycles. The van der Waals surface area contributed by atoms with Crippen LogP contribution in [-0.2, 0) is 19.0 Å². The summed E-state index contributed by atoms with van der Waals surface area (Å²) >= 11 is 0. The minimum absolute atomic E-state index is 0.0641. The zero-order valence-corrected chi connectivity index (χ0v) is 19.0. The fourth-order valence-corrected chi connectivity index (χ4v) is 4.03. The van der Waals surface area contributed by atoms with Crippen molar-refractivity contribution in [2.45, 2.75) is 57.8 Å². The summed E-state index contributed by atoms with van der Waals surface area (Å²) in [6.45, 7) is 9.12. The number of hydrogen-bond donors (Lipinski definition) is 1. The molecule has 6 heteroatoms. The highest BCUT2D eigenvalue weighted by molar-refractivity contribution is 5.86. The molecule has 2 aromatic rings. The van der Waals surface area contributed by atoms with Gasteiger partial charge in [0, 0.05) is 5.92 Å². The molecule has 6 nitrogen and oxygen atoms in total. The average Bonchev–Trinajstić information content (AvgIpc) is 3.04. The Morgan fingerprint density at radius 2 is 1.48 bits per heavy atom. The molecule has 1 N–H and O–H groups in total. The summed E-state index contributed by atoms with van der Waals surface area (Å²) in [6.07, 6.45) is -1.33. The molecule has 2 unspecified atom stereocenters. The van der Waals surface area contributed by atoms with Gasteiger partial charge in [0.15, 0.2) is 5.54 Å². The Balaban J connectivity index is 1.75. The van der Waals surface area contributed by atoms with Gasteiger partial charge in [-0.3, -0.25) is 0 Å². The van der Waals surface area contributed by atoms with E-state index in [2.05, 4.69) is 29.6 Å². The molecule has 1 amide bonds. The van der Waals surface area contributed by atoms with E-state index < -0.39 is 29.3 Å². The third-order valence-corrected chi connectivity index (χ3v) is 5.66. The number of methoxy groups -OCH3 is 1. The lowest BCUT2D eigenvalue weighted by Crippen LogP contribution is -2.61. The Morgan fingerprint density at radius 1 is 0.968 bits per heavy atom. The Bertz CT molecular complexity index is 919. The number of rotatable bonds is 6. The van der Waals surface area contributed by atoms with Gasteiger partial charge in [0.25, 0.3) is 0 Å². The molecule has 0 radical (unpaired) electrons. The lowest BCUT2D eigenvalue weighted by atomic mass is 9.95. The van der Waals surface area contributed by atoms with Crippen molar-refractivity contribution >= 4 is 12.1 Å². The van der Waals surface area contributed by atoms with Crippen LogP contribution in [0.15, 0.2) is 48.5 Å². The van der Waals surface area contributed by atoms with Crippen LogP contribution in [0.5, 0.6) is 0 Å². The number of amides is 1. The molecule has 2 atom stereocenters. The van der Waals surface area contributed by atoms with Gasteiger partial charge < -0.3 is 19.5 Å². The molecule has 166 valence electrons. The molecule has 1 aliphatic carbocycles. The summed E-state index contributed by atoms with van der Waals surface area (Å²) in [5, 5.41) is 2.68. The van der Waals surface area contributed by atoms with Crippen molar-refractivity contribution in [2.75, 3.05) is 13.7 Å². The maximum Gasteiger partial charge on any atom is 0.408 e. The van der Waals surface area contributed by atoms with Gasteiger partial charge >= 0.3 is 12.1 Å². The standard InChI is InChI=1S/C25H31NO5/c1-16(31-24(2,3)4)25(5,22(27)29-6)26-23(28)30-15-21-19-13-9-7-11-17(19)18-12-8-10-14-20(18)21/h7-14,16,21H,15H2,1-6H3,(H,26,28). The Hall–Kier alpha value is -2.86. The van der Waals surface area contributed by atoms with Crippen LogP contribution in [0.1, 0.15) is 51.7 Å². The molecule has 3 rings (SSSR count). The van der Waals surface area contributed by atoms with Crippen LogP contribution in [0, 0.1) is 0 Å². The van der Waals surface area contributed by atoms with Crippen molar-refractivity contribution in [3.8, 4) is 11.1 Å². The number of carbonyl (C=O) groups excluding carboxylic acids is 2. The first-order chi connectivity index (χ1) is 14.6. The zero-order valence-electron chi connectivity index (χ0n) is 19.0. The zero-order chi connectivity index (χ0) is 22.8. The summed E-state index contributed by atoms with van der Waals surface area (Å²) in [4.78, 5) is 25.2. The van der Waals surface area contributed by atoms with E-state index >= 15 is 0 Å². The van der Waals surface area contributed by atoms with Gasteiger partial charge in [-0.1, -0.05) is 48.5 Å². The van der Waals surface area contributed by atoms with E-state index in [-0.39, 0.29) is 12.5 Å². The summed E-state index contributed by atoms with van der Waals surface area (Å²) in [5.74, 6) is -0.663. The molecule has 0 saturated carbocycles. The van der Waals surface area contributed by atoms with Crippen molar-refractivity contribution < 1.29 is 23.8 Å². The number of fused-ring (bicyclic) bond motifs is 3. The number of carbonyl (C=O) groups is 2. The third-order valence-electron chi connectivity index (χ3n) is 5.66. The van der Waals surface area contributed by atoms with Gasteiger partial charge in [0.1, 0.15) is 6.61 Å². The van der Waals surface area contributed by atoms with Gasteiger partial charge in [-0.25, -0.2) is 9.59 Å². The normalized spacial score (nSPS) is 15.9. The monoisotopic (exact) mass is 425 g/mol. The highest BCUT2D eigenvalue weighted by Gasteiger charge is 2.44. The van der Waals surface area contributed by atoms with Crippen molar-refractivity contribution in [1.29, 1.82) is 0 Å². The molecule has 31 heavy (non-hydrogen) atoms. The number of benzene rings is 2. The molecule has 0 bridgehead atoms. The first-order valence-corrected chi connectivity index (χ1v) is 10.5. The van der Waals surface area contributed by atoms with E-state index in [1.165, 1.54) is 7.11 Å².